The maximum atomic E-state index is 13.9. The van der Waals surface area contributed by atoms with E-state index in [1.54, 1.807) is 12.1 Å². The van der Waals surface area contributed by atoms with E-state index in [2.05, 4.69) is 15.5 Å². The van der Waals surface area contributed by atoms with Gasteiger partial charge >= 0.3 is 0 Å². The lowest BCUT2D eigenvalue weighted by Gasteiger charge is -2.05. The lowest BCUT2D eigenvalue weighted by atomic mass is 10.0. The first-order valence-electron chi connectivity index (χ1n) is 7.92. The number of benzene rings is 3. The molecule has 4 aromatic rings. The first-order chi connectivity index (χ1) is 12.6. The summed E-state index contributed by atoms with van der Waals surface area (Å²) in [5.41, 5.74) is 1.79. The predicted molar refractivity (Wildman–Crippen MR) is 101 cm³/mol. The lowest BCUT2D eigenvalue weighted by molar-refractivity contribution is 0.102. The molecule has 2 N–H and O–H groups in total. The number of H-pyrrole nitrogens is 1. The predicted octanol–water partition coefficient (Wildman–Crippen LogP) is 5.27. The second-order valence-corrected chi connectivity index (χ2v) is 6.16. The van der Waals surface area contributed by atoms with E-state index >= 15 is 0 Å². The van der Waals surface area contributed by atoms with Gasteiger partial charge < -0.3 is 5.32 Å². The first-order valence-corrected chi connectivity index (χ1v) is 8.30. The minimum Gasteiger partial charge on any atom is -0.318 e. The van der Waals surface area contributed by atoms with Crippen LogP contribution in [0.1, 0.15) is 10.5 Å². The number of nitrogens with zero attached hydrogens (tertiary/aromatic N) is 1. The van der Waals surface area contributed by atoms with Gasteiger partial charge in [-0.2, -0.15) is 5.10 Å². The molecule has 4 nitrogen and oxygen atoms in total. The van der Waals surface area contributed by atoms with Gasteiger partial charge in [0.05, 0.1) is 16.4 Å². The van der Waals surface area contributed by atoms with Crippen LogP contribution in [0.2, 0.25) is 5.02 Å². The number of carbonyl (C=O) groups is 1. The highest BCUT2D eigenvalue weighted by Crippen LogP contribution is 2.28. The van der Waals surface area contributed by atoms with Crippen LogP contribution in [0.15, 0.2) is 66.7 Å². The van der Waals surface area contributed by atoms with E-state index in [0.29, 0.717) is 5.69 Å². The quantitative estimate of drug-likeness (QED) is 0.519. The molecule has 0 bridgehead atoms. The lowest BCUT2D eigenvalue weighted by Crippen LogP contribution is -2.13. The summed E-state index contributed by atoms with van der Waals surface area (Å²) in [6.45, 7) is 0. The van der Waals surface area contributed by atoms with Gasteiger partial charge in [-0.1, -0.05) is 60.1 Å². The largest absolute Gasteiger partial charge is 0.318 e. The Morgan fingerprint density at radius 1 is 1.04 bits per heavy atom. The smallest absolute Gasteiger partial charge is 0.273 e. The molecule has 26 heavy (non-hydrogen) atoms. The van der Waals surface area contributed by atoms with Crippen LogP contribution in [0.3, 0.4) is 0 Å². The summed E-state index contributed by atoms with van der Waals surface area (Å²) in [4.78, 5) is 12.4. The standard InChI is InChI=1S/C20H13ClFN3O/c21-15-9-4-10-16(19(15)22)23-20(26)18-11-17(24-25-18)14-8-3-6-12-5-1-2-7-13(12)14/h1-11H,(H,23,26)(H,24,25). The van der Waals surface area contributed by atoms with Crippen LogP contribution in [0.5, 0.6) is 0 Å². The summed E-state index contributed by atoms with van der Waals surface area (Å²) in [7, 11) is 0. The Labute approximate surface area is 153 Å². The Balaban J connectivity index is 1.65. The van der Waals surface area contributed by atoms with Crippen molar-refractivity contribution >= 4 is 34.0 Å². The van der Waals surface area contributed by atoms with E-state index in [-0.39, 0.29) is 16.4 Å². The molecule has 4 rings (SSSR count). The van der Waals surface area contributed by atoms with E-state index < -0.39 is 11.7 Å². The van der Waals surface area contributed by atoms with Gasteiger partial charge in [0.15, 0.2) is 5.82 Å². The molecule has 0 aliphatic carbocycles. The Hall–Kier alpha value is -3.18. The fourth-order valence-electron chi connectivity index (χ4n) is 2.81. The third kappa shape index (κ3) is 2.93. The topological polar surface area (TPSA) is 57.8 Å². The molecule has 128 valence electrons. The van der Waals surface area contributed by atoms with Gasteiger partial charge in [0, 0.05) is 5.56 Å². The second kappa shape index (κ2) is 6.61. The maximum Gasteiger partial charge on any atom is 0.273 e. The number of anilines is 1. The molecule has 0 fully saturated rings. The molecule has 0 aliphatic rings. The number of fused-ring (bicyclic) bond motifs is 1. The molecule has 0 aliphatic heterocycles. The minimum atomic E-state index is -0.670. The Bertz CT molecular complexity index is 1120. The molecule has 0 radical (unpaired) electrons. The van der Waals surface area contributed by atoms with Gasteiger partial charge in [0.2, 0.25) is 0 Å². The van der Waals surface area contributed by atoms with Gasteiger partial charge in [-0.15, -0.1) is 0 Å². The number of amides is 1. The third-order valence-electron chi connectivity index (χ3n) is 4.09. The molecule has 1 heterocycles. The maximum absolute atomic E-state index is 13.9. The third-order valence-corrected chi connectivity index (χ3v) is 4.38. The SMILES string of the molecule is O=C(Nc1cccc(Cl)c1F)c1cc(-c2cccc3ccccc23)n[nH]1. The zero-order chi connectivity index (χ0) is 18.1. The summed E-state index contributed by atoms with van der Waals surface area (Å²) in [6.07, 6.45) is 0. The number of aromatic amines is 1. The summed E-state index contributed by atoms with van der Waals surface area (Å²) >= 11 is 5.74. The van der Waals surface area contributed by atoms with Gasteiger partial charge in [0.1, 0.15) is 5.69 Å². The van der Waals surface area contributed by atoms with E-state index in [4.69, 9.17) is 11.6 Å². The van der Waals surface area contributed by atoms with Crippen molar-refractivity contribution in [3.05, 3.63) is 83.3 Å². The molecule has 3 aromatic carbocycles. The highest BCUT2D eigenvalue weighted by molar-refractivity contribution is 6.31. The fraction of sp³-hybridized carbons (Fsp3) is 0. The van der Waals surface area contributed by atoms with Crippen molar-refractivity contribution in [3.8, 4) is 11.3 Å². The van der Waals surface area contributed by atoms with Crippen LogP contribution in [-0.4, -0.2) is 16.1 Å². The van der Waals surface area contributed by atoms with E-state index in [1.807, 2.05) is 42.5 Å². The van der Waals surface area contributed by atoms with Crippen LogP contribution in [0.25, 0.3) is 22.0 Å². The Kier molecular flexibility index (Phi) is 4.14. The number of rotatable bonds is 3. The van der Waals surface area contributed by atoms with Crippen LogP contribution >= 0.6 is 11.6 Å². The second-order valence-electron chi connectivity index (χ2n) is 5.75. The molecule has 0 unspecified atom stereocenters. The van der Waals surface area contributed by atoms with Crippen LogP contribution in [0, 0.1) is 5.82 Å². The summed E-state index contributed by atoms with van der Waals surface area (Å²) in [5.74, 6) is -1.17. The van der Waals surface area contributed by atoms with Crippen molar-refractivity contribution in [1.29, 1.82) is 0 Å². The molecule has 0 spiro atoms. The fourth-order valence-corrected chi connectivity index (χ4v) is 2.99. The van der Waals surface area contributed by atoms with Crippen molar-refractivity contribution < 1.29 is 9.18 Å². The van der Waals surface area contributed by atoms with Gasteiger partial charge in [-0.05, 0) is 29.0 Å². The zero-order valence-electron chi connectivity index (χ0n) is 13.5. The summed E-state index contributed by atoms with van der Waals surface area (Å²) < 4.78 is 13.9. The van der Waals surface area contributed by atoms with Crippen LogP contribution in [-0.2, 0) is 0 Å². The molecule has 0 saturated carbocycles. The average molecular weight is 366 g/mol. The number of hydrogen-bond donors (Lipinski definition) is 2. The molecule has 1 amide bonds. The average Bonchev–Trinajstić information content (AvgIpc) is 3.15. The summed E-state index contributed by atoms with van der Waals surface area (Å²) in [5, 5.41) is 11.5. The highest BCUT2D eigenvalue weighted by atomic mass is 35.5. The van der Waals surface area contributed by atoms with Gasteiger partial charge in [-0.3, -0.25) is 9.89 Å². The minimum absolute atomic E-state index is 0.0174. The van der Waals surface area contributed by atoms with Crippen molar-refractivity contribution in [2.24, 2.45) is 0 Å². The highest BCUT2D eigenvalue weighted by Gasteiger charge is 2.15. The van der Waals surface area contributed by atoms with Gasteiger partial charge in [-0.25, -0.2) is 4.39 Å². The first kappa shape index (κ1) is 16.3. The van der Waals surface area contributed by atoms with Crippen LogP contribution in [0.4, 0.5) is 10.1 Å². The number of aromatic nitrogens is 2. The van der Waals surface area contributed by atoms with E-state index in [9.17, 15) is 9.18 Å². The Morgan fingerprint density at radius 3 is 2.69 bits per heavy atom. The zero-order valence-corrected chi connectivity index (χ0v) is 14.2. The van der Waals surface area contributed by atoms with Crippen molar-refractivity contribution in [3.63, 3.8) is 0 Å². The van der Waals surface area contributed by atoms with E-state index in [0.717, 1.165) is 16.3 Å². The number of hydrogen-bond acceptors (Lipinski definition) is 2. The summed E-state index contributed by atoms with van der Waals surface area (Å²) in [6, 6.07) is 19.9. The van der Waals surface area contributed by atoms with Gasteiger partial charge in [0.25, 0.3) is 5.91 Å². The molecule has 0 saturated heterocycles. The number of halogens is 2. The van der Waals surface area contributed by atoms with Crippen molar-refractivity contribution in [1.82, 2.24) is 10.2 Å². The normalized spacial score (nSPS) is 10.8. The van der Waals surface area contributed by atoms with Crippen molar-refractivity contribution in [2.75, 3.05) is 5.32 Å². The van der Waals surface area contributed by atoms with Crippen LogP contribution < -0.4 is 5.32 Å². The molecular formula is C20H13ClFN3O. The molecule has 0 atom stereocenters. The molecular weight excluding hydrogens is 353 g/mol. The van der Waals surface area contributed by atoms with E-state index in [1.165, 1.54) is 12.1 Å². The number of carbonyl (C=O) groups excluding carboxylic acids is 1. The van der Waals surface area contributed by atoms with Crippen molar-refractivity contribution in [2.45, 2.75) is 0 Å². The number of nitrogens with one attached hydrogen (secondary N) is 2. The molecule has 1 aromatic heterocycles. The Morgan fingerprint density at radius 2 is 1.81 bits per heavy atom. The monoisotopic (exact) mass is 365 g/mol. The molecule has 6 heteroatoms.